The van der Waals surface area contributed by atoms with Crippen LogP contribution in [0.2, 0.25) is 5.15 Å². The molecule has 0 aliphatic carbocycles. The molecule has 0 radical (unpaired) electrons. The summed E-state index contributed by atoms with van der Waals surface area (Å²) in [5.74, 6) is -5.06. The van der Waals surface area contributed by atoms with Crippen molar-refractivity contribution >= 4 is 11.6 Å². The van der Waals surface area contributed by atoms with Crippen molar-refractivity contribution in [1.82, 2.24) is 15.4 Å². The molecule has 0 aliphatic heterocycles. The van der Waals surface area contributed by atoms with Gasteiger partial charge in [0.15, 0.2) is 10.8 Å². The zero-order valence-electron chi connectivity index (χ0n) is 5.66. The first-order valence-corrected chi connectivity index (χ1v) is 3.16. The predicted octanol–water partition coefficient (Wildman–Crippen LogP) is 2.11. The van der Waals surface area contributed by atoms with Crippen LogP contribution in [0.4, 0.5) is 22.0 Å². The number of nitrogens with one attached hydrogen (secondary N) is 1. The van der Waals surface area contributed by atoms with E-state index < -0.39 is 22.9 Å². The van der Waals surface area contributed by atoms with E-state index in [4.69, 9.17) is 11.6 Å². The van der Waals surface area contributed by atoms with E-state index in [0.717, 1.165) is 0 Å². The average Bonchev–Trinajstić information content (AvgIpc) is 2.32. The molecule has 3 nitrogen and oxygen atoms in total. The van der Waals surface area contributed by atoms with Gasteiger partial charge in [-0.05, 0) is 0 Å². The summed E-state index contributed by atoms with van der Waals surface area (Å²) in [7, 11) is 0. The number of nitrogens with zero attached hydrogens (tertiary/aromatic N) is 2. The molecule has 1 heterocycles. The third-order valence-electron chi connectivity index (χ3n) is 1.18. The average molecular weight is 222 g/mol. The summed E-state index contributed by atoms with van der Waals surface area (Å²) in [6.45, 7) is 0. The van der Waals surface area contributed by atoms with Crippen LogP contribution in [0, 0.1) is 0 Å². The molecule has 13 heavy (non-hydrogen) atoms. The molecule has 0 saturated carbocycles. The second-order valence-electron chi connectivity index (χ2n) is 2.05. The Morgan fingerprint density at radius 3 is 2.00 bits per heavy atom. The molecule has 9 heteroatoms. The van der Waals surface area contributed by atoms with Gasteiger partial charge in [0.25, 0.3) is 0 Å². The molecule has 1 aromatic heterocycles. The maximum Gasteiger partial charge on any atom is 0.459 e. The third-order valence-corrected chi connectivity index (χ3v) is 1.44. The highest BCUT2D eigenvalue weighted by atomic mass is 35.5. The van der Waals surface area contributed by atoms with Gasteiger partial charge in [-0.25, -0.2) is 0 Å². The lowest BCUT2D eigenvalue weighted by Gasteiger charge is -2.17. The van der Waals surface area contributed by atoms with E-state index in [2.05, 4.69) is 10.3 Å². The summed E-state index contributed by atoms with van der Waals surface area (Å²) in [5.41, 5.74) is -1.55. The Hall–Kier alpha value is -0.920. The van der Waals surface area contributed by atoms with Crippen molar-refractivity contribution in [3.8, 4) is 0 Å². The van der Waals surface area contributed by atoms with Gasteiger partial charge in [0, 0.05) is 0 Å². The van der Waals surface area contributed by atoms with Crippen LogP contribution in [0.5, 0.6) is 0 Å². The molecule has 0 fully saturated rings. The number of rotatable bonds is 1. The lowest BCUT2D eigenvalue weighted by molar-refractivity contribution is -0.290. The van der Waals surface area contributed by atoms with E-state index in [9.17, 15) is 22.0 Å². The second-order valence-corrected chi connectivity index (χ2v) is 2.41. The smallest absolute Gasteiger partial charge is 0.254 e. The summed E-state index contributed by atoms with van der Waals surface area (Å²) >= 11 is 4.95. The van der Waals surface area contributed by atoms with Gasteiger partial charge >= 0.3 is 12.1 Å². The van der Waals surface area contributed by atoms with Crippen LogP contribution in [-0.4, -0.2) is 21.6 Å². The van der Waals surface area contributed by atoms with Gasteiger partial charge in [-0.3, -0.25) is 5.10 Å². The first kappa shape index (κ1) is 10.2. The van der Waals surface area contributed by atoms with Crippen LogP contribution in [0.15, 0.2) is 0 Å². The monoisotopic (exact) mass is 221 g/mol. The van der Waals surface area contributed by atoms with Gasteiger partial charge in [-0.15, -0.1) is 5.10 Å². The molecule has 0 bridgehead atoms. The summed E-state index contributed by atoms with van der Waals surface area (Å²) in [6.07, 6.45) is -5.72. The normalized spacial score (nSPS) is 13.4. The van der Waals surface area contributed by atoms with Gasteiger partial charge in [0.2, 0.25) is 0 Å². The molecule has 0 saturated heterocycles. The lowest BCUT2D eigenvalue weighted by atomic mass is 10.2. The SMILES string of the molecule is FC(F)(F)C(F)(F)c1[nH]nnc1Cl. The molecular weight excluding hydrogens is 221 g/mol. The Labute approximate surface area is 72.9 Å². The van der Waals surface area contributed by atoms with Crippen molar-refractivity contribution in [1.29, 1.82) is 0 Å². The Kier molecular flexibility index (Phi) is 2.18. The van der Waals surface area contributed by atoms with Gasteiger partial charge in [0.05, 0.1) is 0 Å². The standard InChI is InChI=1S/C4HClF5N3/c5-2-1(11-13-12-2)3(6,7)4(8,9)10/h(H,11,12,13). The number of hydrogen-bond donors (Lipinski definition) is 1. The Bertz CT molecular complexity index is 305. The maximum absolute atomic E-state index is 12.4. The van der Waals surface area contributed by atoms with Crippen molar-refractivity contribution in [2.24, 2.45) is 0 Å². The molecule has 1 rings (SSSR count). The fourth-order valence-corrected chi connectivity index (χ4v) is 0.755. The van der Waals surface area contributed by atoms with Gasteiger partial charge < -0.3 is 0 Å². The van der Waals surface area contributed by atoms with E-state index in [1.54, 1.807) is 0 Å². The Morgan fingerprint density at radius 1 is 1.15 bits per heavy atom. The Morgan fingerprint density at radius 2 is 1.69 bits per heavy atom. The van der Waals surface area contributed by atoms with Crippen molar-refractivity contribution in [2.45, 2.75) is 12.1 Å². The van der Waals surface area contributed by atoms with Crippen LogP contribution >= 0.6 is 11.6 Å². The third kappa shape index (κ3) is 1.58. The van der Waals surface area contributed by atoms with E-state index in [1.807, 2.05) is 0 Å². The number of H-pyrrole nitrogens is 1. The van der Waals surface area contributed by atoms with Crippen LogP contribution in [0.25, 0.3) is 0 Å². The van der Waals surface area contributed by atoms with Crippen LogP contribution in [0.1, 0.15) is 5.69 Å². The molecule has 0 atom stereocenters. The summed E-state index contributed by atoms with van der Waals surface area (Å²) in [6, 6.07) is 0. The molecule has 74 valence electrons. The molecular formula is C4HClF5N3. The molecule has 0 aromatic carbocycles. The van der Waals surface area contributed by atoms with Crippen molar-refractivity contribution in [3.63, 3.8) is 0 Å². The summed E-state index contributed by atoms with van der Waals surface area (Å²) < 4.78 is 60.0. The highest BCUT2D eigenvalue weighted by molar-refractivity contribution is 6.30. The molecule has 0 aliphatic rings. The maximum atomic E-state index is 12.4. The van der Waals surface area contributed by atoms with Crippen LogP contribution in [-0.2, 0) is 5.92 Å². The number of hydrogen-bond acceptors (Lipinski definition) is 2. The van der Waals surface area contributed by atoms with E-state index in [-0.39, 0.29) is 0 Å². The van der Waals surface area contributed by atoms with Crippen LogP contribution in [0.3, 0.4) is 0 Å². The van der Waals surface area contributed by atoms with E-state index in [0.29, 0.717) is 0 Å². The lowest BCUT2D eigenvalue weighted by Crippen LogP contribution is -2.34. The Balaban J connectivity index is 3.15. The minimum Gasteiger partial charge on any atom is -0.254 e. The van der Waals surface area contributed by atoms with E-state index >= 15 is 0 Å². The van der Waals surface area contributed by atoms with Gasteiger partial charge in [-0.1, -0.05) is 16.8 Å². The summed E-state index contributed by atoms with van der Waals surface area (Å²) in [5, 5.41) is 5.88. The fraction of sp³-hybridized carbons (Fsp3) is 0.500. The zero-order valence-corrected chi connectivity index (χ0v) is 6.42. The highest BCUT2D eigenvalue weighted by Crippen LogP contribution is 2.44. The van der Waals surface area contributed by atoms with Gasteiger partial charge in [0.1, 0.15) is 0 Å². The number of alkyl halides is 5. The fourth-order valence-electron chi connectivity index (χ4n) is 0.557. The second kappa shape index (κ2) is 2.79. The molecule has 1 aromatic rings. The van der Waals surface area contributed by atoms with Crippen molar-refractivity contribution < 1.29 is 22.0 Å². The number of aromatic amines is 1. The summed E-state index contributed by atoms with van der Waals surface area (Å²) in [4.78, 5) is 0. The van der Waals surface area contributed by atoms with Crippen LogP contribution < -0.4 is 0 Å². The molecule has 0 unspecified atom stereocenters. The van der Waals surface area contributed by atoms with Crippen molar-refractivity contribution in [2.75, 3.05) is 0 Å². The zero-order chi connectivity index (χ0) is 10.3. The minimum atomic E-state index is -5.72. The first-order chi connectivity index (χ1) is 5.77. The molecule has 1 N–H and O–H groups in total. The number of aromatic nitrogens is 3. The quantitative estimate of drug-likeness (QED) is 0.738. The number of halogens is 6. The van der Waals surface area contributed by atoms with E-state index in [1.165, 1.54) is 5.10 Å². The largest absolute Gasteiger partial charge is 0.459 e. The highest BCUT2D eigenvalue weighted by Gasteiger charge is 2.61. The van der Waals surface area contributed by atoms with Gasteiger partial charge in [-0.2, -0.15) is 22.0 Å². The predicted molar refractivity (Wildman–Crippen MR) is 31.3 cm³/mol. The first-order valence-electron chi connectivity index (χ1n) is 2.78. The molecule has 0 spiro atoms. The molecule has 0 amide bonds. The van der Waals surface area contributed by atoms with Crippen molar-refractivity contribution in [3.05, 3.63) is 10.8 Å². The minimum absolute atomic E-state index is 0.998. The topological polar surface area (TPSA) is 41.6 Å².